The zero-order valence-corrected chi connectivity index (χ0v) is 10.6. The fraction of sp³-hybridized carbons (Fsp3) is 0.500. The summed E-state index contributed by atoms with van der Waals surface area (Å²) >= 11 is 0. The summed E-state index contributed by atoms with van der Waals surface area (Å²) < 4.78 is 26.6. The Hall–Kier alpha value is -1.72. The quantitative estimate of drug-likeness (QED) is 0.646. The molecule has 1 N–H and O–H groups in total. The zero-order valence-electron chi connectivity index (χ0n) is 10.6. The molecule has 0 aromatic heterocycles. The first-order valence-electron chi connectivity index (χ1n) is 5.65. The molecule has 4 nitrogen and oxygen atoms in total. The molecule has 18 heavy (non-hydrogen) atoms. The number of nitro benzene ring substituents is 1. The van der Waals surface area contributed by atoms with Crippen LogP contribution in [0.4, 0.5) is 20.2 Å². The average Bonchev–Trinajstić information content (AvgIpc) is 2.30. The van der Waals surface area contributed by atoms with E-state index in [1.54, 1.807) is 0 Å². The molecule has 0 heterocycles. The topological polar surface area (TPSA) is 55.2 Å². The van der Waals surface area contributed by atoms with Gasteiger partial charge in [0.2, 0.25) is 0 Å². The van der Waals surface area contributed by atoms with Gasteiger partial charge in [-0.05, 0) is 17.9 Å². The Labute approximate surface area is 104 Å². The maximum Gasteiger partial charge on any atom is 0.295 e. The Bertz CT molecular complexity index is 462. The minimum atomic E-state index is -1.21. The average molecular weight is 258 g/mol. The molecule has 1 aromatic carbocycles. The van der Waals surface area contributed by atoms with Gasteiger partial charge in [-0.25, -0.2) is 8.78 Å². The van der Waals surface area contributed by atoms with Crippen molar-refractivity contribution in [3.63, 3.8) is 0 Å². The molecule has 0 radical (unpaired) electrons. The van der Waals surface area contributed by atoms with E-state index < -0.39 is 22.2 Å². The van der Waals surface area contributed by atoms with Crippen LogP contribution in [-0.4, -0.2) is 11.5 Å². The molecule has 6 heteroatoms. The SMILES string of the molecule is CCC(C)(C)CNc1c([N+](=O)[O-])ccc(F)c1F. The molecule has 0 saturated heterocycles. The third kappa shape index (κ3) is 3.15. The van der Waals surface area contributed by atoms with E-state index in [1.807, 2.05) is 20.8 Å². The van der Waals surface area contributed by atoms with Crippen molar-refractivity contribution in [1.82, 2.24) is 0 Å². The summed E-state index contributed by atoms with van der Waals surface area (Å²) in [6.45, 7) is 6.15. The second kappa shape index (κ2) is 5.29. The van der Waals surface area contributed by atoms with Gasteiger partial charge in [-0.2, -0.15) is 0 Å². The maximum atomic E-state index is 13.6. The Morgan fingerprint density at radius 3 is 2.50 bits per heavy atom. The largest absolute Gasteiger partial charge is 0.376 e. The van der Waals surface area contributed by atoms with Gasteiger partial charge in [0, 0.05) is 12.6 Å². The number of benzene rings is 1. The van der Waals surface area contributed by atoms with E-state index >= 15 is 0 Å². The lowest BCUT2D eigenvalue weighted by Gasteiger charge is -2.23. The van der Waals surface area contributed by atoms with Crippen molar-refractivity contribution < 1.29 is 13.7 Å². The van der Waals surface area contributed by atoms with E-state index in [0.29, 0.717) is 6.54 Å². The standard InChI is InChI=1S/C12H16F2N2O2/c1-4-12(2,3)7-15-11-9(16(17)18)6-5-8(13)10(11)14/h5-6,15H,4,7H2,1-3H3. The molecular formula is C12H16F2N2O2. The number of hydrogen-bond acceptors (Lipinski definition) is 3. The van der Waals surface area contributed by atoms with E-state index in [4.69, 9.17) is 0 Å². The van der Waals surface area contributed by atoms with Crippen molar-refractivity contribution >= 4 is 11.4 Å². The van der Waals surface area contributed by atoms with Crippen LogP contribution in [0.5, 0.6) is 0 Å². The molecule has 0 spiro atoms. The first-order chi connectivity index (χ1) is 8.28. The van der Waals surface area contributed by atoms with Gasteiger partial charge in [-0.15, -0.1) is 0 Å². The van der Waals surface area contributed by atoms with Crippen molar-refractivity contribution in [2.24, 2.45) is 5.41 Å². The van der Waals surface area contributed by atoms with Crippen LogP contribution in [0.15, 0.2) is 12.1 Å². The molecule has 1 rings (SSSR count). The zero-order chi connectivity index (χ0) is 13.9. The van der Waals surface area contributed by atoms with Gasteiger partial charge in [0.1, 0.15) is 0 Å². The van der Waals surface area contributed by atoms with Crippen LogP contribution in [0.3, 0.4) is 0 Å². The van der Waals surface area contributed by atoms with Crippen molar-refractivity contribution in [3.05, 3.63) is 33.9 Å². The molecule has 0 aliphatic carbocycles. The van der Waals surface area contributed by atoms with Gasteiger partial charge in [-0.3, -0.25) is 10.1 Å². The lowest BCUT2D eigenvalue weighted by molar-refractivity contribution is -0.384. The highest BCUT2D eigenvalue weighted by atomic mass is 19.2. The summed E-state index contributed by atoms with van der Waals surface area (Å²) in [5.41, 5.74) is -1.01. The Kier molecular flexibility index (Phi) is 4.21. The second-order valence-electron chi connectivity index (χ2n) is 4.88. The number of nitrogens with zero attached hydrogens (tertiary/aromatic N) is 1. The summed E-state index contributed by atoms with van der Waals surface area (Å²) in [5.74, 6) is -2.31. The number of anilines is 1. The highest BCUT2D eigenvalue weighted by Crippen LogP contribution is 2.30. The lowest BCUT2D eigenvalue weighted by Crippen LogP contribution is -2.23. The molecule has 0 saturated carbocycles. The monoisotopic (exact) mass is 258 g/mol. The third-order valence-electron chi connectivity index (χ3n) is 2.97. The van der Waals surface area contributed by atoms with E-state index in [-0.39, 0.29) is 11.1 Å². The third-order valence-corrected chi connectivity index (χ3v) is 2.97. The lowest BCUT2D eigenvalue weighted by atomic mass is 9.90. The minimum Gasteiger partial charge on any atom is -0.376 e. The van der Waals surface area contributed by atoms with E-state index in [1.165, 1.54) is 0 Å². The Morgan fingerprint density at radius 1 is 1.39 bits per heavy atom. The molecular weight excluding hydrogens is 242 g/mol. The summed E-state index contributed by atoms with van der Waals surface area (Å²) in [6.07, 6.45) is 0.810. The molecule has 0 aliphatic heterocycles. The molecule has 0 atom stereocenters. The number of hydrogen-bond donors (Lipinski definition) is 1. The van der Waals surface area contributed by atoms with E-state index in [9.17, 15) is 18.9 Å². The van der Waals surface area contributed by atoms with Gasteiger partial charge in [0.05, 0.1) is 4.92 Å². The highest BCUT2D eigenvalue weighted by molar-refractivity contribution is 5.62. The highest BCUT2D eigenvalue weighted by Gasteiger charge is 2.23. The molecule has 0 unspecified atom stereocenters. The predicted octanol–water partition coefficient (Wildman–Crippen LogP) is 3.72. The van der Waals surface area contributed by atoms with Crippen LogP contribution < -0.4 is 5.32 Å². The van der Waals surface area contributed by atoms with Crippen molar-refractivity contribution in [2.45, 2.75) is 27.2 Å². The van der Waals surface area contributed by atoms with Gasteiger partial charge >= 0.3 is 0 Å². The summed E-state index contributed by atoms with van der Waals surface area (Å²) in [6, 6.07) is 1.71. The van der Waals surface area contributed by atoms with Crippen LogP contribution in [0.2, 0.25) is 0 Å². The molecule has 0 aliphatic rings. The first-order valence-corrected chi connectivity index (χ1v) is 5.65. The number of nitro groups is 1. The van der Waals surface area contributed by atoms with Gasteiger partial charge in [0.15, 0.2) is 17.3 Å². The van der Waals surface area contributed by atoms with Gasteiger partial charge < -0.3 is 5.32 Å². The van der Waals surface area contributed by atoms with Crippen molar-refractivity contribution in [3.8, 4) is 0 Å². The Morgan fingerprint density at radius 2 is 2.00 bits per heavy atom. The number of halogens is 2. The summed E-state index contributed by atoms with van der Waals surface area (Å²) in [7, 11) is 0. The smallest absolute Gasteiger partial charge is 0.295 e. The number of nitrogens with one attached hydrogen (secondary N) is 1. The normalized spacial score (nSPS) is 11.4. The first kappa shape index (κ1) is 14.3. The maximum absolute atomic E-state index is 13.6. The van der Waals surface area contributed by atoms with E-state index in [2.05, 4.69) is 5.32 Å². The fourth-order valence-electron chi connectivity index (χ4n) is 1.31. The molecule has 0 bridgehead atoms. The molecule has 0 fully saturated rings. The Balaban J connectivity index is 3.06. The number of rotatable bonds is 5. The van der Waals surface area contributed by atoms with Crippen LogP contribution in [0.25, 0.3) is 0 Å². The fourth-order valence-corrected chi connectivity index (χ4v) is 1.31. The predicted molar refractivity (Wildman–Crippen MR) is 65.6 cm³/mol. The summed E-state index contributed by atoms with van der Waals surface area (Å²) in [5, 5.41) is 13.4. The molecule has 0 amide bonds. The van der Waals surface area contributed by atoms with Crippen molar-refractivity contribution in [2.75, 3.05) is 11.9 Å². The summed E-state index contributed by atoms with van der Waals surface area (Å²) in [4.78, 5) is 10.0. The minimum absolute atomic E-state index is 0.160. The second-order valence-corrected chi connectivity index (χ2v) is 4.88. The van der Waals surface area contributed by atoms with Crippen molar-refractivity contribution in [1.29, 1.82) is 0 Å². The molecule has 100 valence electrons. The van der Waals surface area contributed by atoms with Crippen LogP contribution in [0, 0.1) is 27.2 Å². The van der Waals surface area contributed by atoms with Crippen LogP contribution >= 0.6 is 0 Å². The van der Waals surface area contributed by atoms with Crippen LogP contribution in [-0.2, 0) is 0 Å². The van der Waals surface area contributed by atoms with Gasteiger partial charge in [-0.1, -0.05) is 20.8 Å². The van der Waals surface area contributed by atoms with Crippen LogP contribution in [0.1, 0.15) is 27.2 Å². The van der Waals surface area contributed by atoms with Gasteiger partial charge in [0.25, 0.3) is 5.69 Å². The molecule has 1 aromatic rings. The van der Waals surface area contributed by atoms with E-state index in [0.717, 1.165) is 18.6 Å².